The summed E-state index contributed by atoms with van der Waals surface area (Å²) in [7, 11) is 0. The number of hydrogen-bond donors (Lipinski definition) is 2. The molecule has 0 unspecified atom stereocenters. The van der Waals surface area contributed by atoms with Crippen LogP contribution in [0, 0.1) is 5.92 Å². The van der Waals surface area contributed by atoms with E-state index in [-0.39, 0.29) is 5.91 Å². The van der Waals surface area contributed by atoms with Crippen LogP contribution in [0.2, 0.25) is 0 Å². The van der Waals surface area contributed by atoms with E-state index in [1.54, 1.807) is 0 Å². The topological polar surface area (TPSA) is 55.1 Å². The lowest BCUT2D eigenvalue weighted by atomic mass is 10.0. The minimum Gasteiger partial charge on any atom is -0.351 e. The Bertz CT molecular complexity index is 752. The van der Waals surface area contributed by atoms with Gasteiger partial charge >= 0.3 is 6.18 Å². The summed E-state index contributed by atoms with van der Waals surface area (Å²) in [6.07, 6.45) is -2.35. The highest BCUT2D eigenvalue weighted by Gasteiger charge is 2.33. The van der Waals surface area contributed by atoms with Gasteiger partial charge in [0.1, 0.15) is 0 Å². The van der Waals surface area contributed by atoms with Gasteiger partial charge in [-0.3, -0.25) is 4.79 Å². The molecule has 6 heteroatoms. The van der Waals surface area contributed by atoms with E-state index in [0.29, 0.717) is 18.0 Å². The molecule has 1 atom stereocenters. The number of benzene rings is 2. The van der Waals surface area contributed by atoms with Crippen LogP contribution < -0.4 is 11.1 Å². The summed E-state index contributed by atoms with van der Waals surface area (Å²) in [4.78, 5) is 11.9. The Morgan fingerprint density at radius 3 is 2.40 bits per heavy atom. The van der Waals surface area contributed by atoms with Gasteiger partial charge in [0.05, 0.1) is 11.6 Å². The van der Waals surface area contributed by atoms with Crippen LogP contribution in [0.15, 0.2) is 48.5 Å². The second-order valence-corrected chi connectivity index (χ2v) is 6.36. The predicted octanol–water partition coefficient (Wildman–Crippen LogP) is 3.73. The summed E-state index contributed by atoms with van der Waals surface area (Å²) in [5.74, 6) is 0.126. The maximum Gasteiger partial charge on any atom is 0.416 e. The van der Waals surface area contributed by atoms with E-state index in [2.05, 4.69) is 5.32 Å². The zero-order chi connectivity index (χ0) is 18.0. The number of amides is 1. The maximum absolute atomic E-state index is 12.6. The number of carbonyl (C=O) groups is 1. The van der Waals surface area contributed by atoms with E-state index in [4.69, 9.17) is 5.73 Å². The van der Waals surface area contributed by atoms with Crippen molar-refractivity contribution in [3.05, 3.63) is 59.7 Å². The molecule has 3 rings (SSSR count). The molecule has 1 fully saturated rings. The second-order valence-electron chi connectivity index (χ2n) is 6.36. The van der Waals surface area contributed by atoms with Crippen molar-refractivity contribution in [1.29, 1.82) is 0 Å². The van der Waals surface area contributed by atoms with Gasteiger partial charge in [0.25, 0.3) is 0 Å². The van der Waals surface area contributed by atoms with Gasteiger partial charge in [0, 0.05) is 6.54 Å². The number of halogens is 3. The van der Waals surface area contributed by atoms with Crippen molar-refractivity contribution in [3.63, 3.8) is 0 Å². The summed E-state index contributed by atoms with van der Waals surface area (Å²) < 4.78 is 37.9. The van der Waals surface area contributed by atoms with Crippen LogP contribution in [-0.2, 0) is 17.5 Å². The molecule has 1 aliphatic rings. The van der Waals surface area contributed by atoms with Crippen LogP contribution >= 0.6 is 0 Å². The van der Waals surface area contributed by atoms with Crippen molar-refractivity contribution in [3.8, 4) is 11.1 Å². The lowest BCUT2D eigenvalue weighted by Gasteiger charge is -2.12. The molecule has 0 aliphatic heterocycles. The van der Waals surface area contributed by atoms with E-state index < -0.39 is 17.8 Å². The molecule has 132 valence electrons. The van der Waals surface area contributed by atoms with Gasteiger partial charge in [0.2, 0.25) is 5.91 Å². The van der Waals surface area contributed by atoms with Gasteiger partial charge in [0.15, 0.2) is 0 Å². The van der Waals surface area contributed by atoms with Crippen molar-refractivity contribution in [2.45, 2.75) is 31.6 Å². The Balaban J connectivity index is 1.67. The predicted molar refractivity (Wildman–Crippen MR) is 89.4 cm³/mol. The van der Waals surface area contributed by atoms with Crippen molar-refractivity contribution in [2.24, 2.45) is 11.7 Å². The number of hydrogen-bond acceptors (Lipinski definition) is 2. The molecule has 25 heavy (non-hydrogen) atoms. The van der Waals surface area contributed by atoms with Crippen molar-refractivity contribution < 1.29 is 18.0 Å². The van der Waals surface area contributed by atoms with Gasteiger partial charge in [-0.1, -0.05) is 30.3 Å². The molecule has 2 aromatic carbocycles. The molecule has 0 radical (unpaired) electrons. The SMILES string of the molecule is N[C@H](C(=O)NCc1cccc(-c2ccc(C(F)(F)F)cc2)c1)C1CC1. The van der Waals surface area contributed by atoms with E-state index in [0.717, 1.165) is 36.1 Å². The zero-order valence-corrected chi connectivity index (χ0v) is 13.5. The Hall–Kier alpha value is -2.34. The normalized spacial score (nSPS) is 15.7. The zero-order valence-electron chi connectivity index (χ0n) is 13.5. The first-order chi connectivity index (χ1) is 11.8. The van der Waals surface area contributed by atoms with Crippen molar-refractivity contribution in [2.75, 3.05) is 0 Å². The van der Waals surface area contributed by atoms with E-state index in [1.807, 2.05) is 24.3 Å². The second kappa shape index (κ2) is 6.88. The van der Waals surface area contributed by atoms with E-state index in [1.165, 1.54) is 12.1 Å². The number of nitrogens with two attached hydrogens (primary N) is 1. The Morgan fingerprint density at radius 1 is 1.12 bits per heavy atom. The molecule has 0 bridgehead atoms. The van der Waals surface area contributed by atoms with Gasteiger partial charge < -0.3 is 11.1 Å². The Labute approximate surface area is 144 Å². The fourth-order valence-corrected chi connectivity index (χ4v) is 2.69. The van der Waals surface area contributed by atoms with Gasteiger partial charge in [-0.15, -0.1) is 0 Å². The summed E-state index contributed by atoms with van der Waals surface area (Å²) in [6, 6.07) is 11.9. The molecular weight excluding hydrogens is 329 g/mol. The molecule has 1 aliphatic carbocycles. The van der Waals surface area contributed by atoms with Crippen molar-refractivity contribution >= 4 is 5.91 Å². The fourth-order valence-electron chi connectivity index (χ4n) is 2.69. The number of carbonyl (C=O) groups excluding carboxylic acids is 1. The van der Waals surface area contributed by atoms with Crippen LogP contribution in [0.5, 0.6) is 0 Å². The smallest absolute Gasteiger partial charge is 0.351 e. The number of alkyl halides is 3. The van der Waals surface area contributed by atoms with Crippen LogP contribution in [0.25, 0.3) is 11.1 Å². The molecule has 2 aromatic rings. The standard InChI is InChI=1S/C19H19F3N2O/c20-19(21,22)16-8-6-13(7-9-16)15-3-1-2-12(10-15)11-24-18(25)17(23)14-4-5-14/h1-3,6-10,14,17H,4-5,11,23H2,(H,24,25)/t17-/m0/s1. The molecular formula is C19H19F3N2O. The number of rotatable bonds is 5. The molecule has 1 saturated carbocycles. The molecule has 0 aromatic heterocycles. The summed E-state index contributed by atoms with van der Waals surface area (Å²) >= 11 is 0. The largest absolute Gasteiger partial charge is 0.416 e. The van der Waals surface area contributed by atoms with Gasteiger partial charge in [-0.2, -0.15) is 13.2 Å². The third kappa shape index (κ3) is 4.39. The molecule has 3 nitrogen and oxygen atoms in total. The third-order valence-electron chi connectivity index (χ3n) is 4.37. The highest BCUT2D eigenvalue weighted by atomic mass is 19.4. The molecule has 3 N–H and O–H groups in total. The van der Waals surface area contributed by atoms with Crippen LogP contribution in [-0.4, -0.2) is 11.9 Å². The summed E-state index contributed by atoms with van der Waals surface area (Å²) in [6.45, 7) is 0.341. The van der Waals surface area contributed by atoms with Crippen LogP contribution in [0.1, 0.15) is 24.0 Å². The highest BCUT2D eigenvalue weighted by molar-refractivity contribution is 5.82. The lowest BCUT2D eigenvalue weighted by molar-refractivity contribution is -0.137. The van der Waals surface area contributed by atoms with Gasteiger partial charge in [-0.05, 0) is 53.6 Å². The minimum atomic E-state index is -4.34. The Morgan fingerprint density at radius 2 is 1.80 bits per heavy atom. The Kier molecular flexibility index (Phi) is 4.81. The minimum absolute atomic E-state index is 0.164. The average Bonchev–Trinajstić information content (AvgIpc) is 3.44. The quantitative estimate of drug-likeness (QED) is 0.865. The molecule has 0 saturated heterocycles. The monoisotopic (exact) mass is 348 g/mol. The summed E-state index contributed by atoms with van der Waals surface area (Å²) in [5.41, 5.74) is 7.54. The summed E-state index contributed by atoms with van der Waals surface area (Å²) in [5, 5.41) is 2.82. The van der Waals surface area contributed by atoms with Gasteiger partial charge in [-0.25, -0.2) is 0 Å². The lowest BCUT2D eigenvalue weighted by Crippen LogP contribution is -2.41. The average molecular weight is 348 g/mol. The van der Waals surface area contributed by atoms with Crippen molar-refractivity contribution in [1.82, 2.24) is 5.32 Å². The van der Waals surface area contributed by atoms with Crippen LogP contribution in [0.3, 0.4) is 0 Å². The first-order valence-corrected chi connectivity index (χ1v) is 8.14. The first-order valence-electron chi connectivity index (χ1n) is 8.14. The highest BCUT2D eigenvalue weighted by Crippen LogP contribution is 2.32. The molecule has 0 heterocycles. The first kappa shape index (κ1) is 17.5. The third-order valence-corrected chi connectivity index (χ3v) is 4.37. The van der Waals surface area contributed by atoms with E-state index in [9.17, 15) is 18.0 Å². The fraction of sp³-hybridized carbons (Fsp3) is 0.316. The number of nitrogens with one attached hydrogen (secondary N) is 1. The molecule has 1 amide bonds. The molecule has 0 spiro atoms. The van der Waals surface area contributed by atoms with E-state index >= 15 is 0 Å². The van der Waals surface area contributed by atoms with Crippen LogP contribution in [0.4, 0.5) is 13.2 Å². The maximum atomic E-state index is 12.6.